The highest BCUT2D eigenvalue weighted by Gasteiger charge is -0.0765. The van der Waals surface area contributed by atoms with Gasteiger partial charge in [0.1, 0.15) is 0 Å². The maximum atomic E-state index is 0. The van der Waals surface area contributed by atoms with E-state index < -0.39 is 0 Å². The monoisotopic (exact) mass is 103 g/mol. The molecule has 0 aromatic heterocycles. The molecule has 0 amide bonds. The predicted octanol–water partition coefficient (Wildman–Crippen LogP) is 1.03. The van der Waals surface area contributed by atoms with Gasteiger partial charge in [0.05, 0.1) is 0 Å². The Kier molecular flexibility index (Phi) is 412000. The van der Waals surface area contributed by atoms with Crippen LogP contribution in [0, 0.1) is 0 Å². The fourth-order valence-corrected chi connectivity index (χ4v) is 0. The van der Waals surface area contributed by atoms with Crippen molar-refractivity contribution in [2.45, 2.75) is 14.9 Å². The van der Waals surface area contributed by atoms with Crippen molar-refractivity contribution < 1.29 is 5.48 Å². The summed E-state index contributed by atoms with van der Waals surface area (Å²) in [7, 11) is 0. The smallest absolute Gasteiger partial charge is 0.0776 e. The highest BCUT2D eigenvalue weighted by molar-refractivity contribution is 5.85. The molecular formula is C2H14ClNO. The Labute approximate surface area is 39.9 Å². The van der Waals surface area contributed by atoms with Gasteiger partial charge >= 0.3 is 0 Å². The first-order valence-electron chi connectivity index (χ1n) is 0. The van der Waals surface area contributed by atoms with E-state index in [1.54, 1.807) is 0 Å². The fourth-order valence-electron chi connectivity index (χ4n) is 0. The maximum absolute atomic E-state index is 0. The number of hydrogen-bond acceptors (Lipinski definition) is 1. The Morgan fingerprint density at radius 2 is 0.800 bits per heavy atom. The second-order valence-electron chi connectivity index (χ2n) is 0. The first kappa shape index (κ1) is 2090. The second kappa shape index (κ2) is 984. The average Bonchev–Trinajstić information content (AvgIpc) is 0. The van der Waals surface area contributed by atoms with Crippen molar-refractivity contribution in [1.82, 2.24) is 6.15 Å². The Balaban J connectivity index is 0. The van der Waals surface area contributed by atoms with Crippen LogP contribution in [0.3, 0.4) is 0 Å². The first-order chi connectivity index (χ1) is 0. The molecule has 0 atom stereocenters. The van der Waals surface area contributed by atoms with Crippen molar-refractivity contribution in [2.24, 2.45) is 0 Å². The Morgan fingerprint density at radius 3 is 0.800 bits per heavy atom. The number of rotatable bonds is 0. The third-order valence-corrected chi connectivity index (χ3v) is 0. The fraction of sp³-hybridized carbons (Fsp3) is 1.00. The third-order valence-electron chi connectivity index (χ3n) is 0. The molecule has 0 aliphatic rings. The van der Waals surface area contributed by atoms with Crippen LogP contribution >= 0.6 is 12.4 Å². The molecule has 0 heterocycles. The van der Waals surface area contributed by atoms with Gasteiger partial charge in [-0.05, 0) is 0 Å². The zero-order chi connectivity index (χ0) is 0. The topological polar surface area (TPSA) is 66.5 Å². The molecular weight excluding hydrogens is 89.5 g/mol. The minimum atomic E-state index is 0. The quantitative estimate of drug-likeness (QED) is 0.489. The minimum absolute atomic E-state index is 0. The van der Waals surface area contributed by atoms with E-state index in [2.05, 4.69) is 0 Å². The molecule has 0 aliphatic heterocycles. The minimum Gasteiger partial charge on any atom is -0.412 e. The van der Waals surface area contributed by atoms with Gasteiger partial charge in [-0.15, -0.1) is 12.4 Å². The van der Waals surface area contributed by atoms with Crippen molar-refractivity contribution in [3.8, 4) is 0 Å². The summed E-state index contributed by atoms with van der Waals surface area (Å²) in [4.78, 5) is 0. The highest BCUT2D eigenvalue weighted by atomic mass is 35.5. The van der Waals surface area contributed by atoms with Crippen molar-refractivity contribution in [3.05, 3.63) is 0 Å². The normalized spacial score (nSPS) is 0. The van der Waals surface area contributed by atoms with E-state index >= 15 is 0 Å². The summed E-state index contributed by atoms with van der Waals surface area (Å²) in [5, 5.41) is 0. The van der Waals surface area contributed by atoms with Crippen LogP contribution in [0.1, 0.15) is 14.9 Å². The largest absolute Gasteiger partial charge is 0.412 e. The standard InChI is InChI=1S/2CH4.ClH.H3N.H2O/h2*1H4;1H;1H3;1H2. The SMILES string of the molecule is C.C.Cl.N.O. The lowest BCUT2D eigenvalue weighted by Gasteiger charge is -0.412. The average molecular weight is 104 g/mol. The summed E-state index contributed by atoms with van der Waals surface area (Å²) in [6, 6.07) is 0. The Bertz CT molecular complexity index is 9.61. The molecule has 40 valence electrons. The summed E-state index contributed by atoms with van der Waals surface area (Å²) >= 11 is 0. The van der Waals surface area contributed by atoms with Crippen LogP contribution in [0.2, 0.25) is 0 Å². The molecule has 5 N–H and O–H groups in total. The van der Waals surface area contributed by atoms with E-state index in [-0.39, 0.29) is 38.9 Å². The van der Waals surface area contributed by atoms with Crippen LogP contribution in [-0.2, 0) is 0 Å². The lowest BCUT2D eigenvalue weighted by atomic mass is 12.0. The van der Waals surface area contributed by atoms with Gasteiger partial charge in [0.15, 0.2) is 0 Å². The van der Waals surface area contributed by atoms with Crippen molar-refractivity contribution in [2.75, 3.05) is 0 Å². The molecule has 0 aliphatic carbocycles. The van der Waals surface area contributed by atoms with Crippen LogP contribution in [0.5, 0.6) is 0 Å². The molecule has 2 nitrogen and oxygen atoms in total. The van der Waals surface area contributed by atoms with Gasteiger partial charge in [-0.1, -0.05) is 14.9 Å². The van der Waals surface area contributed by atoms with Gasteiger partial charge in [-0.2, -0.15) is 0 Å². The number of halogens is 1. The van der Waals surface area contributed by atoms with Crippen molar-refractivity contribution >= 4 is 12.4 Å². The van der Waals surface area contributed by atoms with Crippen LogP contribution in [-0.4, -0.2) is 5.48 Å². The summed E-state index contributed by atoms with van der Waals surface area (Å²) in [6.45, 7) is 0. The molecule has 0 saturated heterocycles. The molecule has 0 aromatic carbocycles. The van der Waals surface area contributed by atoms with Gasteiger partial charge in [0.2, 0.25) is 0 Å². The van der Waals surface area contributed by atoms with E-state index in [1.807, 2.05) is 0 Å². The third kappa shape index (κ3) is 466. The lowest BCUT2D eigenvalue weighted by molar-refractivity contribution is 0.824. The van der Waals surface area contributed by atoms with E-state index in [4.69, 9.17) is 0 Å². The van der Waals surface area contributed by atoms with E-state index in [0.717, 1.165) is 0 Å². The molecule has 0 saturated carbocycles. The van der Waals surface area contributed by atoms with E-state index in [1.165, 1.54) is 0 Å². The lowest BCUT2D eigenvalue weighted by Crippen LogP contribution is -0.481. The van der Waals surface area contributed by atoms with Gasteiger partial charge in [-0.3, -0.25) is 0 Å². The van der Waals surface area contributed by atoms with Gasteiger partial charge < -0.3 is 11.6 Å². The van der Waals surface area contributed by atoms with Crippen molar-refractivity contribution in [3.63, 3.8) is 0 Å². The highest BCUT2D eigenvalue weighted by Crippen LogP contribution is 0.690. The van der Waals surface area contributed by atoms with E-state index in [9.17, 15) is 0 Å². The summed E-state index contributed by atoms with van der Waals surface area (Å²) in [5.74, 6) is 0. The molecule has 0 radical (unpaired) electrons. The van der Waals surface area contributed by atoms with Gasteiger partial charge in [0.25, 0.3) is 0 Å². The summed E-state index contributed by atoms with van der Waals surface area (Å²) in [6.07, 6.45) is 0. The van der Waals surface area contributed by atoms with Crippen LogP contribution in [0.15, 0.2) is 0 Å². The molecule has 0 spiro atoms. The van der Waals surface area contributed by atoms with Crippen LogP contribution in [0.25, 0.3) is 0 Å². The second-order valence-corrected chi connectivity index (χ2v) is 0. The molecule has 0 unspecified atom stereocenters. The Morgan fingerprint density at radius 1 is 0.800 bits per heavy atom. The molecule has 0 aromatic rings. The van der Waals surface area contributed by atoms with Gasteiger partial charge in [-0.25, -0.2) is 0 Å². The molecule has 3 heteroatoms. The first-order valence-corrected chi connectivity index (χ1v) is 0. The zero-order valence-electron chi connectivity index (χ0n) is 1.62. The molecule has 0 fully saturated rings. The predicted molar refractivity (Wildman–Crippen MR) is 29.3 cm³/mol. The maximum Gasteiger partial charge on any atom is -0.0776 e. The molecule has 5 heavy (non-hydrogen) atoms. The molecule has 0 bridgehead atoms. The Hall–Kier alpha value is 0.210. The summed E-state index contributed by atoms with van der Waals surface area (Å²) < 4.78 is 0. The van der Waals surface area contributed by atoms with E-state index in [0.29, 0.717) is 0 Å². The number of hydrogen-bond donors (Lipinski definition) is 1. The van der Waals surface area contributed by atoms with Crippen LogP contribution < -0.4 is 6.15 Å². The van der Waals surface area contributed by atoms with Gasteiger partial charge in [0, 0.05) is 0 Å². The van der Waals surface area contributed by atoms with Crippen LogP contribution in [0.4, 0.5) is 0 Å². The molecule has 0 rings (SSSR count). The van der Waals surface area contributed by atoms with Crippen molar-refractivity contribution in [1.29, 1.82) is 0 Å². The summed E-state index contributed by atoms with van der Waals surface area (Å²) in [5.41, 5.74) is 0. The zero-order valence-corrected chi connectivity index (χ0v) is 2.43.